The number of halogens is 2. The van der Waals surface area contributed by atoms with Crippen molar-refractivity contribution in [2.45, 2.75) is 6.92 Å². The van der Waals surface area contributed by atoms with Crippen LogP contribution in [0.15, 0.2) is 41.6 Å². The van der Waals surface area contributed by atoms with Crippen LogP contribution in [-0.2, 0) is 0 Å². The van der Waals surface area contributed by atoms with Gasteiger partial charge in [0.05, 0.1) is 5.56 Å². The number of benzene rings is 2. The van der Waals surface area contributed by atoms with Gasteiger partial charge in [-0.15, -0.1) is 0 Å². The molecule has 104 valence electrons. The molecule has 0 aromatic heterocycles. The van der Waals surface area contributed by atoms with Crippen molar-refractivity contribution in [2.24, 2.45) is 10.9 Å². The van der Waals surface area contributed by atoms with Gasteiger partial charge in [-0.05, 0) is 36.8 Å². The molecule has 0 aliphatic rings. The zero-order chi connectivity index (χ0) is 14.7. The first kappa shape index (κ1) is 14.1. The molecule has 3 N–H and O–H groups in total. The van der Waals surface area contributed by atoms with Gasteiger partial charge in [0.25, 0.3) is 0 Å². The largest absolute Gasteiger partial charge is 0.454 e. The van der Waals surface area contributed by atoms with Crippen LogP contribution < -0.4 is 10.5 Å². The van der Waals surface area contributed by atoms with Gasteiger partial charge >= 0.3 is 0 Å². The minimum Gasteiger partial charge on any atom is -0.454 e. The molecular weight excluding hydrogens is 283 g/mol. The molecule has 0 heterocycles. The molecule has 20 heavy (non-hydrogen) atoms. The lowest BCUT2D eigenvalue weighted by Crippen LogP contribution is -2.14. The zero-order valence-electron chi connectivity index (χ0n) is 10.6. The van der Waals surface area contributed by atoms with E-state index in [0.717, 1.165) is 0 Å². The topological polar surface area (TPSA) is 67.8 Å². The molecule has 2 rings (SSSR count). The van der Waals surface area contributed by atoms with E-state index in [-0.39, 0.29) is 22.9 Å². The maximum atomic E-state index is 13.9. The molecule has 2 aromatic rings. The summed E-state index contributed by atoms with van der Waals surface area (Å²) in [7, 11) is 0. The van der Waals surface area contributed by atoms with Gasteiger partial charge in [0.2, 0.25) is 0 Å². The fourth-order valence-corrected chi connectivity index (χ4v) is 1.84. The summed E-state index contributed by atoms with van der Waals surface area (Å²) in [6.45, 7) is 1.63. The van der Waals surface area contributed by atoms with Gasteiger partial charge in [0, 0.05) is 5.02 Å². The van der Waals surface area contributed by atoms with Crippen LogP contribution in [-0.4, -0.2) is 11.0 Å². The Morgan fingerprint density at radius 3 is 2.75 bits per heavy atom. The summed E-state index contributed by atoms with van der Waals surface area (Å²) in [5.41, 5.74) is 6.29. The fourth-order valence-electron chi connectivity index (χ4n) is 1.66. The first-order valence-corrected chi connectivity index (χ1v) is 6.11. The SMILES string of the molecule is Cc1cccc(Oc2ccc(Cl)cc2/C(N)=N/O)c1F. The fraction of sp³-hybridized carbons (Fsp3) is 0.0714. The van der Waals surface area contributed by atoms with Crippen molar-refractivity contribution < 1.29 is 14.3 Å². The van der Waals surface area contributed by atoms with E-state index in [2.05, 4.69) is 5.16 Å². The van der Waals surface area contributed by atoms with Gasteiger partial charge in [0.15, 0.2) is 17.4 Å². The van der Waals surface area contributed by atoms with E-state index >= 15 is 0 Å². The second-order valence-electron chi connectivity index (χ2n) is 4.11. The Morgan fingerprint density at radius 1 is 1.30 bits per heavy atom. The van der Waals surface area contributed by atoms with Gasteiger partial charge in [0.1, 0.15) is 5.75 Å². The number of oxime groups is 1. The number of nitrogens with zero attached hydrogens (tertiary/aromatic N) is 1. The molecule has 0 fully saturated rings. The monoisotopic (exact) mass is 294 g/mol. The molecule has 0 saturated carbocycles. The van der Waals surface area contributed by atoms with E-state index in [1.807, 2.05) is 0 Å². The van der Waals surface area contributed by atoms with E-state index in [0.29, 0.717) is 10.6 Å². The van der Waals surface area contributed by atoms with E-state index in [4.69, 9.17) is 27.3 Å². The van der Waals surface area contributed by atoms with Crippen molar-refractivity contribution in [3.8, 4) is 11.5 Å². The average molecular weight is 295 g/mol. The Morgan fingerprint density at radius 2 is 2.05 bits per heavy atom. The lowest BCUT2D eigenvalue weighted by molar-refractivity contribution is 0.318. The lowest BCUT2D eigenvalue weighted by atomic mass is 10.2. The van der Waals surface area contributed by atoms with Crippen molar-refractivity contribution in [1.29, 1.82) is 0 Å². The third-order valence-corrected chi connectivity index (χ3v) is 2.94. The van der Waals surface area contributed by atoms with E-state index < -0.39 is 5.82 Å². The average Bonchev–Trinajstić information content (AvgIpc) is 2.44. The number of amidine groups is 1. The van der Waals surface area contributed by atoms with Crippen LogP contribution in [0.3, 0.4) is 0 Å². The smallest absolute Gasteiger partial charge is 0.173 e. The summed E-state index contributed by atoms with van der Waals surface area (Å²) < 4.78 is 19.4. The lowest BCUT2D eigenvalue weighted by Gasteiger charge is -2.12. The zero-order valence-corrected chi connectivity index (χ0v) is 11.4. The maximum Gasteiger partial charge on any atom is 0.173 e. The summed E-state index contributed by atoms with van der Waals surface area (Å²) in [5.74, 6) is -0.336. The molecule has 0 spiro atoms. The summed E-state index contributed by atoms with van der Waals surface area (Å²) >= 11 is 5.86. The Hall–Kier alpha value is -2.27. The predicted octanol–water partition coefficient (Wildman–Crippen LogP) is 3.67. The predicted molar refractivity (Wildman–Crippen MR) is 75.2 cm³/mol. The summed E-state index contributed by atoms with van der Waals surface area (Å²) in [6, 6.07) is 9.37. The van der Waals surface area contributed by atoms with Crippen molar-refractivity contribution in [3.05, 3.63) is 58.4 Å². The number of nitrogens with two attached hydrogens (primary N) is 1. The number of rotatable bonds is 3. The number of ether oxygens (including phenoxy) is 1. The van der Waals surface area contributed by atoms with Gasteiger partial charge in [-0.2, -0.15) is 0 Å². The Kier molecular flexibility index (Phi) is 4.10. The second kappa shape index (κ2) is 5.79. The molecular formula is C14H12ClFN2O2. The quantitative estimate of drug-likeness (QED) is 0.393. The van der Waals surface area contributed by atoms with E-state index in [1.54, 1.807) is 25.1 Å². The van der Waals surface area contributed by atoms with Crippen LogP contribution in [0.25, 0.3) is 0 Å². The molecule has 0 aliphatic carbocycles. The first-order valence-electron chi connectivity index (χ1n) is 5.73. The van der Waals surface area contributed by atoms with Crippen LogP contribution >= 0.6 is 11.6 Å². The van der Waals surface area contributed by atoms with Gasteiger partial charge in [-0.25, -0.2) is 4.39 Å². The standard InChI is InChI=1S/C14H12ClFN2O2/c1-8-3-2-4-12(13(8)16)20-11-6-5-9(15)7-10(11)14(17)18-19/h2-7,19H,1H3,(H2,17,18). The highest BCUT2D eigenvalue weighted by Crippen LogP contribution is 2.30. The normalized spacial score (nSPS) is 11.4. The number of hydrogen-bond acceptors (Lipinski definition) is 3. The van der Waals surface area contributed by atoms with Crippen LogP contribution in [0.2, 0.25) is 5.02 Å². The summed E-state index contributed by atoms with van der Waals surface area (Å²) in [6.07, 6.45) is 0. The third-order valence-electron chi connectivity index (χ3n) is 2.70. The molecule has 0 radical (unpaired) electrons. The molecule has 0 amide bonds. The van der Waals surface area contributed by atoms with E-state index in [1.165, 1.54) is 18.2 Å². The van der Waals surface area contributed by atoms with Gasteiger partial charge < -0.3 is 15.7 Å². The minimum absolute atomic E-state index is 0.0549. The third kappa shape index (κ3) is 2.83. The molecule has 0 saturated heterocycles. The van der Waals surface area contributed by atoms with Crippen molar-refractivity contribution in [2.75, 3.05) is 0 Å². The second-order valence-corrected chi connectivity index (χ2v) is 4.55. The summed E-state index contributed by atoms with van der Waals surface area (Å²) in [4.78, 5) is 0. The van der Waals surface area contributed by atoms with Crippen LogP contribution in [0.5, 0.6) is 11.5 Å². The number of hydrogen-bond donors (Lipinski definition) is 2. The Bertz CT molecular complexity index is 674. The molecule has 0 aliphatic heterocycles. The highest BCUT2D eigenvalue weighted by Gasteiger charge is 2.13. The van der Waals surface area contributed by atoms with Crippen molar-refractivity contribution in [1.82, 2.24) is 0 Å². The highest BCUT2D eigenvalue weighted by atomic mass is 35.5. The molecule has 0 atom stereocenters. The highest BCUT2D eigenvalue weighted by molar-refractivity contribution is 6.31. The van der Waals surface area contributed by atoms with Gasteiger partial charge in [-0.1, -0.05) is 28.9 Å². The van der Waals surface area contributed by atoms with E-state index in [9.17, 15) is 4.39 Å². The molecule has 4 nitrogen and oxygen atoms in total. The Labute approximate surface area is 120 Å². The minimum atomic E-state index is -0.465. The van der Waals surface area contributed by atoms with Crippen LogP contribution in [0.1, 0.15) is 11.1 Å². The molecule has 0 unspecified atom stereocenters. The van der Waals surface area contributed by atoms with Crippen molar-refractivity contribution in [3.63, 3.8) is 0 Å². The molecule has 6 heteroatoms. The number of aryl methyl sites for hydroxylation is 1. The van der Waals surface area contributed by atoms with Gasteiger partial charge in [-0.3, -0.25) is 0 Å². The molecule has 2 aromatic carbocycles. The first-order chi connectivity index (χ1) is 9.52. The van der Waals surface area contributed by atoms with Crippen LogP contribution in [0, 0.1) is 12.7 Å². The summed E-state index contributed by atoms with van der Waals surface area (Å²) in [5, 5.41) is 12.1. The van der Waals surface area contributed by atoms with Crippen molar-refractivity contribution >= 4 is 17.4 Å². The maximum absolute atomic E-state index is 13.9. The van der Waals surface area contributed by atoms with Crippen LogP contribution in [0.4, 0.5) is 4.39 Å². The Balaban J connectivity index is 2.46. The molecule has 0 bridgehead atoms.